The van der Waals surface area contributed by atoms with E-state index in [4.69, 9.17) is 5.14 Å². The van der Waals surface area contributed by atoms with Crippen LogP contribution in [-0.4, -0.2) is 22.7 Å². The molecule has 0 aromatic heterocycles. The molecule has 0 saturated carbocycles. The van der Waals surface area contributed by atoms with Crippen molar-refractivity contribution in [2.24, 2.45) is 5.14 Å². The fourth-order valence-electron chi connectivity index (χ4n) is 1.85. The van der Waals surface area contributed by atoms with Crippen LogP contribution in [0.1, 0.15) is 29.8 Å². The number of aryl methyl sites for hydroxylation is 1. The van der Waals surface area contributed by atoms with Gasteiger partial charge in [-0.2, -0.15) is 0 Å². The molecule has 0 spiro atoms. The average molecular weight is 384 g/mol. The molecule has 136 valence electrons. The third-order valence-corrected chi connectivity index (χ3v) is 5.47. The Labute approximate surface area is 148 Å². The van der Waals surface area contributed by atoms with Gasteiger partial charge in [0.1, 0.15) is 9.79 Å². The van der Waals surface area contributed by atoms with Gasteiger partial charge in [-0.25, -0.2) is 26.7 Å². The summed E-state index contributed by atoms with van der Waals surface area (Å²) in [7, 11) is -8.64. The largest absolute Gasteiger partial charge is 0.268 e. The summed E-state index contributed by atoms with van der Waals surface area (Å²) < 4.78 is 49.4. The van der Waals surface area contributed by atoms with Crippen molar-refractivity contribution >= 4 is 26.0 Å². The van der Waals surface area contributed by atoms with Crippen molar-refractivity contribution in [1.82, 2.24) is 4.72 Å². The lowest BCUT2D eigenvalue weighted by Gasteiger charge is -2.10. The van der Waals surface area contributed by atoms with Gasteiger partial charge in [0.2, 0.25) is 10.0 Å². The number of primary sulfonamides is 1. The minimum Gasteiger partial charge on any atom is -0.268 e. The number of nitrogens with one attached hydrogen (secondary N) is 1. The Hall–Kier alpha value is -2.23. The Morgan fingerprint density at radius 3 is 1.84 bits per heavy atom. The highest BCUT2D eigenvalue weighted by atomic mass is 32.2. The van der Waals surface area contributed by atoms with E-state index in [1.165, 1.54) is 24.3 Å². The predicted octanol–water partition coefficient (Wildman–Crippen LogP) is 1.79. The summed E-state index contributed by atoms with van der Waals surface area (Å²) >= 11 is 0. The number of sulfonamides is 2. The molecule has 0 radical (unpaired) electrons. The van der Waals surface area contributed by atoms with Gasteiger partial charge in [-0.05, 0) is 31.2 Å². The number of carbonyl (C=O) groups is 1. The van der Waals surface area contributed by atoms with Gasteiger partial charge in [0.15, 0.2) is 0 Å². The van der Waals surface area contributed by atoms with Gasteiger partial charge in [-0.1, -0.05) is 43.7 Å². The first-order valence-electron chi connectivity index (χ1n) is 7.37. The molecule has 0 aliphatic rings. The zero-order chi connectivity index (χ0) is 19.3. The van der Waals surface area contributed by atoms with Gasteiger partial charge in [0.25, 0.3) is 15.9 Å². The molecule has 2 aromatic rings. The molecular weight excluding hydrogens is 364 g/mol. The second-order valence-electron chi connectivity index (χ2n) is 4.79. The van der Waals surface area contributed by atoms with Gasteiger partial charge in [0, 0.05) is 5.56 Å². The molecule has 0 saturated heterocycles. The summed E-state index contributed by atoms with van der Waals surface area (Å²) in [4.78, 5) is 10.9. The summed E-state index contributed by atoms with van der Waals surface area (Å²) in [6.07, 6.45) is 0. The monoisotopic (exact) mass is 384 g/mol. The smallest absolute Gasteiger partial charge is 0.265 e. The van der Waals surface area contributed by atoms with Gasteiger partial charge >= 0.3 is 0 Å². The molecule has 2 aromatic carbocycles. The van der Waals surface area contributed by atoms with Gasteiger partial charge in [-0.3, -0.25) is 4.79 Å². The normalized spacial score (nSPS) is 11.2. The number of hydrogen-bond acceptors (Lipinski definition) is 5. The van der Waals surface area contributed by atoms with Crippen LogP contribution in [0.2, 0.25) is 0 Å². The van der Waals surface area contributed by atoms with Gasteiger partial charge in [-0.15, -0.1) is 0 Å². The van der Waals surface area contributed by atoms with Crippen molar-refractivity contribution < 1.29 is 21.6 Å². The lowest BCUT2D eigenvalue weighted by Crippen LogP contribution is -2.32. The Morgan fingerprint density at radius 2 is 1.36 bits per heavy atom. The van der Waals surface area contributed by atoms with Crippen LogP contribution in [-0.2, 0) is 20.0 Å². The zero-order valence-corrected chi connectivity index (χ0v) is 15.7. The maximum atomic E-state index is 12.3. The SMILES string of the molecule is CC.Cc1ccc(C(=O)NS(=O)(=O)c2ccccc2S(N)(=O)=O)cc1. The highest BCUT2D eigenvalue weighted by Gasteiger charge is 2.26. The highest BCUT2D eigenvalue weighted by Crippen LogP contribution is 2.19. The highest BCUT2D eigenvalue weighted by molar-refractivity contribution is 7.92. The molecule has 9 heteroatoms. The van der Waals surface area contributed by atoms with Gasteiger partial charge in [0.05, 0.1) is 0 Å². The fraction of sp³-hybridized carbons (Fsp3) is 0.188. The third kappa shape index (κ3) is 5.38. The first-order chi connectivity index (χ1) is 11.6. The van der Waals surface area contributed by atoms with Crippen molar-refractivity contribution in [3.8, 4) is 0 Å². The number of amides is 1. The number of hydrogen-bond donors (Lipinski definition) is 2. The molecule has 0 atom stereocenters. The number of nitrogens with two attached hydrogens (primary N) is 1. The molecule has 0 aliphatic carbocycles. The number of benzene rings is 2. The molecule has 2 rings (SSSR count). The maximum Gasteiger partial charge on any atom is 0.265 e. The van der Waals surface area contributed by atoms with Crippen LogP contribution in [0.15, 0.2) is 58.3 Å². The molecule has 0 heterocycles. The molecule has 7 nitrogen and oxygen atoms in total. The van der Waals surface area contributed by atoms with Crippen LogP contribution in [0.4, 0.5) is 0 Å². The van der Waals surface area contributed by atoms with Crippen molar-refractivity contribution in [2.45, 2.75) is 30.6 Å². The summed E-state index contributed by atoms with van der Waals surface area (Å²) in [5, 5.41) is 5.01. The molecule has 0 aliphatic heterocycles. The molecule has 0 bridgehead atoms. The van der Waals surface area contributed by atoms with E-state index in [9.17, 15) is 21.6 Å². The van der Waals surface area contributed by atoms with E-state index in [1.807, 2.05) is 25.5 Å². The van der Waals surface area contributed by atoms with E-state index in [2.05, 4.69) is 0 Å². The summed E-state index contributed by atoms with van der Waals surface area (Å²) in [5.74, 6) is -0.866. The van der Waals surface area contributed by atoms with E-state index in [1.54, 1.807) is 12.1 Å². The summed E-state index contributed by atoms with van der Waals surface area (Å²) in [5.41, 5.74) is 1.04. The van der Waals surface area contributed by atoms with Crippen LogP contribution in [0.3, 0.4) is 0 Å². The van der Waals surface area contributed by atoms with Gasteiger partial charge < -0.3 is 0 Å². The molecule has 0 fully saturated rings. The topological polar surface area (TPSA) is 123 Å². The Kier molecular flexibility index (Phi) is 6.86. The minimum absolute atomic E-state index is 0.132. The van der Waals surface area contributed by atoms with E-state index in [0.717, 1.165) is 17.7 Å². The molecular formula is C16H20N2O5S2. The average Bonchev–Trinajstić information content (AvgIpc) is 2.56. The maximum absolute atomic E-state index is 12.3. The lowest BCUT2D eigenvalue weighted by molar-refractivity contribution is 0.0981. The van der Waals surface area contributed by atoms with Crippen LogP contribution in [0.5, 0.6) is 0 Å². The van der Waals surface area contributed by atoms with E-state index in [0.29, 0.717) is 0 Å². The number of carbonyl (C=O) groups excluding carboxylic acids is 1. The quantitative estimate of drug-likeness (QED) is 0.832. The fourth-order valence-corrected chi connectivity index (χ4v) is 4.20. The van der Waals surface area contributed by atoms with Crippen LogP contribution < -0.4 is 9.86 Å². The van der Waals surface area contributed by atoms with Crippen molar-refractivity contribution in [3.05, 3.63) is 59.7 Å². The van der Waals surface area contributed by atoms with Crippen LogP contribution in [0, 0.1) is 6.92 Å². The predicted molar refractivity (Wildman–Crippen MR) is 95.0 cm³/mol. The second kappa shape index (κ2) is 8.24. The second-order valence-corrected chi connectivity index (χ2v) is 7.97. The molecule has 0 unspecified atom stereocenters. The standard InChI is InChI=1S/C14H14N2O5S2.C2H6/c1-10-6-8-11(9-7-10)14(17)16-23(20,21)13-5-3-2-4-12(13)22(15,18)19;1-2/h2-9H,1H3,(H,16,17)(H2,15,18,19);1-2H3. The van der Waals surface area contributed by atoms with E-state index < -0.39 is 35.7 Å². The molecule has 3 N–H and O–H groups in total. The zero-order valence-electron chi connectivity index (χ0n) is 14.1. The molecule has 25 heavy (non-hydrogen) atoms. The van der Waals surface area contributed by atoms with E-state index >= 15 is 0 Å². The first kappa shape index (κ1) is 20.8. The first-order valence-corrected chi connectivity index (χ1v) is 10.4. The Balaban J connectivity index is 0.00000151. The Morgan fingerprint density at radius 1 is 0.880 bits per heavy atom. The Bertz CT molecular complexity index is 950. The summed E-state index contributed by atoms with van der Waals surface area (Å²) in [6.45, 7) is 5.82. The summed E-state index contributed by atoms with van der Waals surface area (Å²) in [6, 6.07) is 11.0. The van der Waals surface area contributed by atoms with Crippen molar-refractivity contribution in [3.63, 3.8) is 0 Å². The van der Waals surface area contributed by atoms with Crippen LogP contribution >= 0.6 is 0 Å². The molecule has 1 amide bonds. The lowest BCUT2D eigenvalue weighted by atomic mass is 10.1. The van der Waals surface area contributed by atoms with Crippen molar-refractivity contribution in [2.75, 3.05) is 0 Å². The van der Waals surface area contributed by atoms with Crippen molar-refractivity contribution in [1.29, 1.82) is 0 Å². The van der Waals surface area contributed by atoms with Crippen LogP contribution in [0.25, 0.3) is 0 Å². The number of rotatable bonds is 4. The minimum atomic E-state index is -4.39. The third-order valence-electron chi connectivity index (χ3n) is 2.99. The van der Waals surface area contributed by atoms with E-state index in [-0.39, 0.29) is 5.56 Å².